The smallest absolute Gasteiger partial charge is 0.235 e. The van der Waals surface area contributed by atoms with Gasteiger partial charge >= 0.3 is 0 Å². The van der Waals surface area contributed by atoms with Crippen LogP contribution < -0.4 is 0 Å². The van der Waals surface area contributed by atoms with E-state index in [4.69, 9.17) is 0 Å². The van der Waals surface area contributed by atoms with Crippen LogP contribution >= 0.6 is 11.8 Å². The van der Waals surface area contributed by atoms with E-state index < -0.39 is 0 Å². The summed E-state index contributed by atoms with van der Waals surface area (Å²) in [5.41, 5.74) is 0. The first-order valence-corrected chi connectivity index (χ1v) is 8.86. The molecule has 1 unspecified atom stereocenters. The maximum absolute atomic E-state index is 12.7. The number of carbonyl (C=O) groups excluding carboxylic acids is 1. The molecule has 0 spiro atoms. The highest BCUT2D eigenvalue weighted by atomic mass is 32.2. The molecule has 0 saturated heterocycles. The van der Waals surface area contributed by atoms with E-state index in [0.29, 0.717) is 12.6 Å². The van der Waals surface area contributed by atoms with Crippen LogP contribution in [0.1, 0.15) is 44.9 Å². The molecule has 0 aliphatic heterocycles. The molecule has 1 fully saturated rings. The van der Waals surface area contributed by atoms with Crippen molar-refractivity contribution in [3.05, 3.63) is 18.5 Å². The normalized spacial score (nSPS) is 17.2. The summed E-state index contributed by atoms with van der Waals surface area (Å²) >= 11 is 1.48. The number of hydrogen-bond donors (Lipinski definition) is 0. The Bertz CT molecular complexity index is 522. The number of carbonyl (C=O) groups is 1. The van der Waals surface area contributed by atoms with Gasteiger partial charge in [0.15, 0.2) is 5.16 Å². The van der Waals surface area contributed by atoms with E-state index in [-0.39, 0.29) is 11.2 Å². The average Bonchev–Trinajstić information content (AvgIpc) is 2.88. The lowest BCUT2D eigenvalue weighted by atomic mass is 9.94. The molecule has 0 aromatic carbocycles. The van der Waals surface area contributed by atoms with Crippen LogP contribution in [0.25, 0.3) is 0 Å². The lowest BCUT2D eigenvalue weighted by Crippen LogP contribution is -2.42. The molecule has 5 nitrogen and oxygen atoms in total. The van der Waals surface area contributed by atoms with Crippen molar-refractivity contribution in [2.45, 2.75) is 68.9 Å². The lowest BCUT2D eigenvalue weighted by molar-refractivity contribution is -0.131. The van der Waals surface area contributed by atoms with Gasteiger partial charge in [-0.2, -0.15) is 0 Å². The second kappa shape index (κ2) is 7.81. The Morgan fingerprint density at radius 1 is 1.45 bits per heavy atom. The molecule has 122 valence electrons. The minimum absolute atomic E-state index is 0.154. The van der Waals surface area contributed by atoms with Crippen molar-refractivity contribution in [2.24, 2.45) is 0 Å². The van der Waals surface area contributed by atoms with Gasteiger partial charge in [0.2, 0.25) is 5.91 Å². The third-order valence-corrected chi connectivity index (χ3v) is 5.38. The van der Waals surface area contributed by atoms with E-state index in [0.717, 1.165) is 23.8 Å². The van der Waals surface area contributed by atoms with Crippen molar-refractivity contribution in [2.75, 3.05) is 7.05 Å². The molecular weight excluding hydrogens is 296 g/mol. The summed E-state index contributed by atoms with van der Waals surface area (Å²) < 4.78 is 1.99. The quantitative estimate of drug-likeness (QED) is 0.597. The van der Waals surface area contributed by atoms with Crippen LogP contribution in [0.15, 0.2) is 17.8 Å². The number of aryl methyl sites for hydroxylation is 1. The van der Waals surface area contributed by atoms with E-state index >= 15 is 0 Å². The molecule has 1 aliphatic rings. The number of allylic oxidation sites excluding steroid dienone is 1. The topological polar surface area (TPSA) is 51.0 Å². The van der Waals surface area contributed by atoms with Gasteiger partial charge in [-0.3, -0.25) is 4.79 Å². The zero-order valence-electron chi connectivity index (χ0n) is 13.8. The molecule has 1 heterocycles. The zero-order valence-corrected chi connectivity index (χ0v) is 14.6. The Labute approximate surface area is 137 Å². The van der Waals surface area contributed by atoms with E-state index in [1.165, 1.54) is 31.0 Å². The molecular formula is C16H26N4OS. The first-order chi connectivity index (χ1) is 10.5. The van der Waals surface area contributed by atoms with E-state index in [1.54, 1.807) is 0 Å². The van der Waals surface area contributed by atoms with E-state index in [2.05, 4.69) is 16.8 Å². The maximum atomic E-state index is 12.7. The highest BCUT2D eigenvalue weighted by molar-refractivity contribution is 8.00. The van der Waals surface area contributed by atoms with Gasteiger partial charge in [-0.1, -0.05) is 37.1 Å². The van der Waals surface area contributed by atoms with Crippen LogP contribution in [-0.2, 0) is 11.3 Å². The molecule has 0 bridgehead atoms. The van der Waals surface area contributed by atoms with Gasteiger partial charge in [-0.15, -0.1) is 16.8 Å². The number of amides is 1. The number of rotatable bonds is 6. The summed E-state index contributed by atoms with van der Waals surface area (Å²) in [7, 11) is 1.94. The molecule has 1 aromatic rings. The fourth-order valence-corrected chi connectivity index (χ4v) is 3.94. The molecule has 0 N–H and O–H groups in total. The van der Waals surface area contributed by atoms with Crippen LogP contribution in [0.3, 0.4) is 0 Å². The Balaban J connectivity index is 2.00. The van der Waals surface area contributed by atoms with Crippen LogP contribution in [0.5, 0.6) is 0 Å². The van der Waals surface area contributed by atoms with Gasteiger partial charge in [0.25, 0.3) is 0 Å². The summed E-state index contributed by atoms with van der Waals surface area (Å²) in [6.45, 7) is 8.30. The minimum atomic E-state index is -0.154. The second-order valence-corrected chi connectivity index (χ2v) is 7.24. The highest BCUT2D eigenvalue weighted by Crippen LogP contribution is 2.27. The minimum Gasteiger partial charge on any atom is -0.342 e. The maximum Gasteiger partial charge on any atom is 0.235 e. The van der Waals surface area contributed by atoms with Crippen LogP contribution in [0.4, 0.5) is 0 Å². The molecule has 1 saturated carbocycles. The molecule has 1 aliphatic carbocycles. The number of hydrogen-bond acceptors (Lipinski definition) is 4. The van der Waals surface area contributed by atoms with Crippen LogP contribution in [0, 0.1) is 6.92 Å². The van der Waals surface area contributed by atoms with Crippen molar-refractivity contribution in [1.82, 2.24) is 19.7 Å². The predicted octanol–water partition coefficient (Wildman–Crippen LogP) is 3.04. The third kappa shape index (κ3) is 3.91. The number of nitrogens with zero attached hydrogens (tertiary/aromatic N) is 4. The summed E-state index contributed by atoms with van der Waals surface area (Å²) in [5.74, 6) is 1.03. The largest absolute Gasteiger partial charge is 0.342 e. The standard InChI is InChI=1S/C16H26N4OS/c1-5-11-20-13(3)17-18-16(20)22-12(2)15(21)19(4)14-9-7-6-8-10-14/h5,12,14H,1,6-11H2,2-4H3. The Morgan fingerprint density at radius 3 is 2.77 bits per heavy atom. The van der Waals surface area contributed by atoms with Crippen molar-refractivity contribution >= 4 is 17.7 Å². The van der Waals surface area contributed by atoms with Crippen LogP contribution in [0.2, 0.25) is 0 Å². The number of aromatic nitrogens is 3. The van der Waals surface area contributed by atoms with E-state index in [1.807, 2.05) is 36.4 Å². The fraction of sp³-hybridized carbons (Fsp3) is 0.688. The summed E-state index contributed by atoms with van der Waals surface area (Å²) in [5, 5.41) is 8.92. The van der Waals surface area contributed by atoms with Gasteiger partial charge in [0.05, 0.1) is 5.25 Å². The van der Waals surface area contributed by atoms with Crippen molar-refractivity contribution in [3.63, 3.8) is 0 Å². The SMILES string of the molecule is C=CCn1c(C)nnc1SC(C)C(=O)N(C)C1CCCCC1. The predicted molar refractivity (Wildman–Crippen MR) is 89.9 cm³/mol. The van der Waals surface area contributed by atoms with Gasteiger partial charge in [-0.25, -0.2) is 0 Å². The Hall–Kier alpha value is -1.30. The first-order valence-electron chi connectivity index (χ1n) is 7.98. The van der Waals surface area contributed by atoms with Crippen molar-refractivity contribution < 1.29 is 4.79 Å². The molecule has 1 aromatic heterocycles. The lowest BCUT2D eigenvalue weighted by Gasteiger charge is -2.32. The molecule has 0 radical (unpaired) electrons. The molecule has 1 atom stereocenters. The van der Waals surface area contributed by atoms with Gasteiger partial charge in [-0.05, 0) is 26.7 Å². The van der Waals surface area contributed by atoms with Gasteiger partial charge < -0.3 is 9.47 Å². The molecule has 6 heteroatoms. The molecule has 22 heavy (non-hydrogen) atoms. The fourth-order valence-electron chi connectivity index (χ4n) is 2.93. The second-order valence-electron chi connectivity index (χ2n) is 5.93. The van der Waals surface area contributed by atoms with Crippen molar-refractivity contribution in [1.29, 1.82) is 0 Å². The summed E-state index contributed by atoms with van der Waals surface area (Å²) in [6, 6.07) is 0.400. The monoisotopic (exact) mass is 322 g/mol. The summed E-state index contributed by atoms with van der Waals surface area (Å²) in [6.07, 6.45) is 7.85. The highest BCUT2D eigenvalue weighted by Gasteiger charge is 2.27. The Morgan fingerprint density at radius 2 is 2.14 bits per heavy atom. The van der Waals surface area contributed by atoms with Crippen molar-refractivity contribution in [3.8, 4) is 0 Å². The Kier molecular flexibility index (Phi) is 6.06. The summed E-state index contributed by atoms with van der Waals surface area (Å²) in [4.78, 5) is 14.6. The first kappa shape index (κ1) is 17.1. The average molecular weight is 322 g/mol. The van der Waals surface area contributed by atoms with Gasteiger partial charge in [0, 0.05) is 19.6 Å². The van der Waals surface area contributed by atoms with E-state index in [9.17, 15) is 4.79 Å². The molecule has 1 amide bonds. The molecule has 2 rings (SSSR count). The number of thioether (sulfide) groups is 1. The third-order valence-electron chi connectivity index (χ3n) is 4.31. The van der Waals surface area contributed by atoms with Crippen LogP contribution in [-0.4, -0.2) is 43.9 Å². The van der Waals surface area contributed by atoms with Gasteiger partial charge in [0.1, 0.15) is 5.82 Å². The zero-order chi connectivity index (χ0) is 16.1.